The standard InChI is InChI=1S/C15H19F3N2O4/c1-14(2,3)24-13(21)8-7-12(15(16,17)18)19-10-5-4-6-11(9-10)20(22)23/h4-6,9,12,19H,7-8H2,1-3H3. The van der Waals surface area contributed by atoms with E-state index in [0.717, 1.165) is 6.07 Å². The van der Waals surface area contributed by atoms with Gasteiger partial charge in [-0.1, -0.05) is 6.07 Å². The van der Waals surface area contributed by atoms with E-state index in [2.05, 4.69) is 5.32 Å². The molecule has 1 aromatic rings. The van der Waals surface area contributed by atoms with Gasteiger partial charge < -0.3 is 10.1 Å². The minimum Gasteiger partial charge on any atom is -0.460 e. The number of nitrogens with zero attached hydrogens (tertiary/aromatic N) is 1. The van der Waals surface area contributed by atoms with Crippen LogP contribution >= 0.6 is 0 Å². The fraction of sp³-hybridized carbons (Fsp3) is 0.533. The van der Waals surface area contributed by atoms with Crippen LogP contribution in [0.15, 0.2) is 24.3 Å². The van der Waals surface area contributed by atoms with Gasteiger partial charge in [-0.25, -0.2) is 0 Å². The highest BCUT2D eigenvalue weighted by atomic mass is 19.4. The Morgan fingerprint density at radius 2 is 1.96 bits per heavy atom. The molecule has 1 atom stereocenters. The first-order valence-corrected chi connectivity index (χ1v) is 7.18. The second-order valence-electron chi connectivity index (χ2n) is 6.17. The van der Waals surface area contributed by atoms with Crippen LogP contribution in [-0.2, 0) is 9.53 Å². The van der Waals surface area contributed by atoms with Crippen molar-refractivity contribution in [3.05, 3.63) is 34.4 Å². The summed E-state index contributed by atoms with van der Waals surface area (Å²) in [5.41, 5.74) is -1.15. The third-order valence-electron chi connectivity index (χ3n) is 2.85. The van der Waals surface area contributed by atoms with Gasteiger partial charge in [0, 0.05) is 24.2 Å². The van der Waals surface area contributed by atoms with E-state index in [9.17, 15) is 28.1 Å². The molecule has 0 spiro atoms. The molecule has 0 aliphatic heterocycles. The molecular weight excluding hydrogens is 329 g/mol. The lowest BCUT2D eigenvalue weighted by molar-refractivity contribution is -0.384. The largest absolute Gasteiger partial charge is 0.460 e. The second kappa shape index (κ2) is 7.50. The average molecular weight is 348 g/mol. The molecule has 0 radical (unpaired) electrons. The number of anilines is 1. The van der Waals surface area contributed by atoms with Crippen LogP contribution in [0.2, 0.25) is 0 Å². The molecule has 0 aliphatic rings. The normalized spacial score (nSPS) is 13.2. The van der Waals surface area contributed by atoms with Gasteiger partial charge in [-0.3, -0.25) is 14.9 Å². The number of halogens is 3. The van der Waals surface area contributed by atoms with E-state index in [1.54, 1.807) is 20.8 Å². The molecule has 1 rings (SSSR count). The Hall–Kier alpha value is -2.32. The van der Waals surface area contributed by atoms with E-state index in [1.165, 1.54) is 18.2 Å². The van der Waals surface area contributed by atoms with E-state index in [-0.39, 0.29) is 11.4 Å². The zero-order chi connectivity index (χ0) is 18.5. The number of nitrogens with one attached hydrogen (secondary N) is 1. The van der Waals surface area contributed by atoms with Crippen molar-refractivity contribution < 1.29 is 27.6 Å². The fourth-order valence-corrected chi connectivity index (χ4v) is 1.88. The zero-order valence-electron chi connectivity index (χ0n) is 13.5. The number of rotatable bonds is 6. The number of nitro benzene ring substituents is 1. The number of ether oxygens (including phenoxy) is 1. The Bertz CT molecular complexity index is 597. The van der Waals surface area contributed by atoms with E-state index in [0.29, 0.717) is 0 Å². The minimum atomic E-state index is -4.62. The van der Waals surface area contributed by atoms with E-state index < -0.39 is 41.6 Å². The van der Waals surface area contributed by atoms with Crippen molar-refractivity contribution in [3.63, 3.8) is 0 Å². The molecule has 134 valence electrons. The monoisotopic (exact) mass is 348 g/mol. The SMILES string of the molecule is CC(C)(C)OC(=O)CCC(Nc1cccc([N+](=O)[O-])c1)C(F)(F)F. The number of esters is 1. The molecule has 1 N–H and O–H groups in total. The van der Waals surface area contributed by atoms with Crippen molar-refractivity contribution in [2.45, 2.75) is 51.4 Å². The molecule has 1 aromatic carbocycles. The number of nitro groups is 1. The molecule has 1 unspecified atom stereocenters. The number of carbonyl (C=O) groups is 1. The third-order valence-corrected chi connectivity index (χ3v) is 2.85. The number of carbonyl (C=O) groups excluding carboxylic acids is 1. The van der Waals surface area contributed by atoms with E-state index >= 15 is 0 Å². The number of benzene rings is 1. The average Bonchev–Trinajstić information content (AvgIpc) is 2.40. The number of hydrogen-bond donors (Lipinski definition) is 1. The fourth-order valence-electron chi connectivity index (χ4n) is 1.88. The van der Waals surface area contributed by atoms with Crippen LogP contribution < -0.4 is 5.32 Å². The second-order valence-corrected chi connectivity index (χ2v) is 6.17. The number of alkyl halides is 3. The highest BCUT2D eigenvalue weighted by Crippen LogP contribution is 2.28. The van der Waals surface area contributed by atoms with E-state index in [4.69, 9.17) is 4.74 Å². The molecule has 0 amide bonds. The zero-order valence-corrected chi connectivity index (χ0v) is 13.5. The Labute approximate surface area is 137 Å². The van der Waals surface area contributed by atoms with Crippen molar-refractivity contribution in [1.29, 1.82) is 0 Å². The topological polar surface area (TPSA) is 81.5 Å². The molecule has 0 heterocycles. The predicted molar refractivity (Wildman–Crippen MR) is 81.6 cm³/mol. The summed E-state index contributed by atoms with van der Waals surface area (Å²) in [5, 5.41) is 12.9. The summed E-state index contributed by atoms with van der Waals surface area (Å²) in [4.78, 5) is 21.6. The van der Waals surface area contributed by atoms with Gasteiger partial charge in [-0.15, -0.1) is 0 Å². The van der Waals surface area contributed by atoms with Crippen LogP contribution in [-0.4, -0.2) is 28.7 Å². The first-order chi connectivity index (χ1) is 10.9. The summed E-state index contributed by atoms with van der Waals surface area (Å²) in [6, 6.07) is 2.73. The quantitative estimate of drug-likeness (QED) is 0.476. The van der Waals surface area contributed by atoms with Gasteiger partial charge >= 0.3 is 12.1 Å². The Kier molecular flexibility index (Phi) is 6.16. The summed E-state index contributed by atoms with van der Waals surface area (Å²) < 4.78 is 44.3. The van der Waals surface area contributed by atoms with Crippen molar-refractivity contribution in [2.24, 2.45) is 0 Å². The summed E-state index contributed by atoms with van der Waals surface area (Å²) >= 11 is 0. The summed E-state index contributed by atoms with van der Waals surface area (Å²) in [5.74, 6) is -0.738. The molecule has 24 heavy (non-hydrogen) atoms. The summed E-state index contributed by atoms with van der Waals surface area (Å²) in [6.45, 7) is 4.86. The van der Waals surface area contributed by atoms with Crippen LogP contribution in [0.1, 0.15) is 33.6 Å². The van der Waals surface area contributed by atoms with Crippen LogP contribution in [0.25, 0.3) is 0 Å². The Balaban J connectivity index is 2.79. The van der Waals surface area contributed by atoms with Crippen molar-refractivity contribution >= 4 is 17.3 Å². The van der Waals surface area contributed by atoms with E-state index in [1.807, 2.05) is 0 Å². The first-order valence-electron chi connectivity index (χ1n) is 7.18. The summed E-state index contributed by atoms with van der Waals surface area (Å²) in [6.07, 6.45) is -5.59. The maximum atomic E-state index is 13.1. The highest BCUT2D eigenvalue weighted by Gasteiger charge is 2.40. The maximum absolute atomic E-state index is 13.1. The van der Waals surface area contributed by atoms with Crippen LogP contribution in [0.5, 0.6) is 0 Å². The number of non-ortho nitro benzene ring substituents is 1. The van der Waals surface area contributed by atoms with Crippen LogP contribution in [0, 0.1) is 10.1 Å². The van der Waals surface area contributed by atoms with Crippen molar-refractivity contribution in [3.8, 4) is 0 Å². The highest BCUT2D eigenvalue weighted by molar-refractivity contribution is 5.70. The van der Waals surface area contributed by atoms with Gasteiger partial charge in [-0.2, -0.15) is 13.2 Å². The van der Waals surface area contributed by atoms with Crippen LogP contribution in [0.4, 0.5) is 24.5 Å². The van der Waals surface area contributed by atoms with Gasteiger partial charge in [0.15, 0.2) is 0 Å². The molecule has 6 nitrogen and oxygen atoms in total. The summed E-state index contributed by atoms with van der Waals surface area (Å²) in [7, 11) is 0. The smallest absolute Gasteiger partial charge is 0.408 e. The number of hydrogen-bond acceptors (Lipinski definition) is 5. The molecule has 0 bridgehead atoms. The van der Waals surface area contributed by atoms with Gasteiger partial charge in [0.05, 0.1) is 4.92 Å². The molecule has 0 aliphatic carbocycles. The van der Waals surface area contributed by atoms with Crippen LogP contribution in [0.3, 0.4) is 0 Å². The third kappa shape index (κ3) is 6.84. The molecule has 0 fully saturated rings. The lowest BCUT2D eigenvalue weighted by Gasteiger charge is -2.24. The molecule has 0 saturated carbocycles. The molecule has 0 aromatic heterocycles. The Morgan fingerprint density at radius 1 is 1.33 bits per heavy atom. The minimum absolute atomic E-state index is 0.0456. The van der Waals surface area contributed by atoms with Crippen molar-refractivity contribution in [1.82, 2.24) is 0 Å². The maximum Gasteiger partial charge on any atom is 0.408 e. The molecular formula is C15H19F3N2O4. The first kappa shape index (κ1) is 19.7. The van der Waals surface area contributed by atoms with Gasteiger partial charge in [0.1, 0.15) is 11.6 Å². The van der Waals surface area contributed by atoms with Gasteiger partial charge in [-0.05, 0) is 33.3 Å². The lowest BCUT2D eigenvalue weighted by Crippen LogP contribution is -2.37. The van der Waals surface area contributed by atoms with Gasteiger partial charge in [0.2, 0.25) is 0 Å². The molecule has 0 saturated heterocycles. The predicted octanol–water partition coefficient (Wildman–Crippen LogP) is 4.06. The lowest BCUT2D eigenvalue weighted by atomic mass is 10.1. The van der Waals surface area contributed by atoms with Crippen molar-refractivity contribution in [2.75, 3.05) is 5.32 Å². The Morgan fingerprint density at radius 3 is 2.46 bits per heavy atom. The van der Waals surface area contributed by atoms with Gasteiger partial charge in [0.25, 0.3) is 5.69 Å². The molecule has 9 heteroatoms.